The van der Waals surface area contributed by atoms with Crippen molar-refractivity contribution in [3.05, 3.63) is 0 Å². The van der Waals surface area contributed by atoms with Crippen LogP contribution in [0.1, 0.15) is 20.8 Å². The molecule has 0 saturated heterocycles. The molecule has 98 valence electrons. The van der Waals surface area contributed by atoms with E-state index in [9.17, 15) is 8.42 Å². The summed E-state index contributed by atoms with van der Waals surface area (Å²) in [6.07, 6.45) is 0. The van der Waals surface area contributed by atoms with Gasteiger partial charge in [0.1, 0.15) is 0 Å². The number of sulfonamides is 1. The zero-order valence-corrected chi connectivity index (χ0v) is 11.7. The molecule has 0 saturated carbocycles. The van der Waals surface area contributed by atoms with Gasteiger partial charge in [-0.05, 0) is 27.9 Å². The van der Waals surface area contributed by atoms with Gasteiger partial charge in [-0.2, -0.15) is 4.31 Å². The largest absolute Gasteiger partial charge is 0.395 e. The molecule has 0 aromatic carbocycles. The molecule has 0 aromatic heterocycles. The van der Waals surface area contributed by atoms with Crippen molar-refractivity contribution in [1.29, 1.82) is 0 Å². The van der Waals surface area contributed by atoms with Gasteiger partial charge >= 0.3 is 0 Å². The molecule has 0 rings (SSSR count). The number of aliphatic hydroxyl groups is 1. The van der Waals surface area contributed by atoms with Crippen LogP contribution in [0.25, 0.3) is 0 Å². The zero-order chi connectivity index (χ0) is 12.9. The second-order valence-electron chi connectivity index (χ2n) is 4.35. The highest BCUT2D eigenvalue weighted by Gasteiger charge is 2.30. The molecule has 5 nitrogen and oxygen atoms in total. The Kier molecular flexibility index (Phi) is 6.47. The summed E-state index contributed by atoms with van der Waals surface area (Å²) in [7, 11) is 0.429. The molecule has 2 unspecified atom stereocenters. The maximum atomic E-state index is 12.1. The van der Waals surface area contributed by atoms with E-state index in [1.54, 1.807) is 0 Å². The highest BCUT2D eigenvalue weighted by atomic mass is 32.2. The lowest BCUT2D eigenvalue weighted by molar-refractivity contribution is 0.257. The first-order valence-corrected chi connectivity index (χ1v) is 7.03. The predicted octanol–water partition coefficient (Wildman–Crippen LogP) is -0.0310. The van der Waals surface area contributed by atoms with E-state index in [1.807, 2.05) is 32.8 Å². The van der Waals surface area contributed by atoms with Gasteiger partial charge in [0.2, 0.25) is 10.0 Å². The molecule has 0 aliphatic heterocycles. The summed E-state index contributed by atoms with van der Waals surface area (Å²) in [6.45, 7) is 5.99. The van der Waals surface area contributed by atoms with Crippen molar-refractivity contribution in [2.45, 2.75) is 32.1 Å². The summed E-state index contributed by atoms with van der Waals surface area (Å²) in [6, 6.07) is -0.0843. The maximum Gasteiger partial charge on any atom is 0.219 e. The Balaban J connectivity index is 4.85. The van der Waals surface area contributed by atoms with Crippen LogP contribution in [0, 0.1) is 0 Å². The Bertz CT molecular complexity index is 290. The van der Waals surface area contributed by atoms with Crippen molar-refractivity contribution in [2.24, 2.45) is 0 Å². The Labute approximate surface area is 99.1 Å². The molecule has 0 radical (unpaired) electrons. The van der Waals surface area contributed by atoms with Crippen LogP contribution in [0.3, 0.4) is 0 Å². The Morgan fingerprint density at radius 2 is 1.75 bits per heavy atom. The highest BCUT2D eigenvalue weighted by Crippen LogP contribution is 2.13. The minimum atomic E-state index is -3.39. The van der Waals surface area contributed by atoms with Crippen LogP contribution in [0.4, 0.5) is 0 Å². The molecule has 6 heteroatoms. The third-order valence-corrected chi connectivity index (χ3v) is 4.96. The van der Waals surface area contributed by atoms with Gasteiger partial charge in [0.05, 0.1) is 11.9 Å². The normalized spacial score (nSPS) is 16.8. The predicted molar refractivity (Wildman–Crippen MR) is 65.9 cm³/mol. The van der Waals surface area contributed by atoms with Gasteiger partial charge in [0, 0.05) is 19.1 Å². The standard InChI is InChI=1S/C10H24N2O3S/c1-6-12(9(2)7-11(4)5)16(14,15)10(3)8-13/h9-10,13H,6-8H2,1-5H3. The first-order valence-electron chi connectivity index (χ1n) is 5.53. The molecular formula is C10H24N2O3S. The molecule has 0 spiro atoms. The highest BCUT2D eigenvalue weighted by molar-refractivity contribution is 7.89. The lowest BCUT2D eigenvalue weighted by atomic mass is 10.3. The van der Waals surface area contributed by atoms with Gasteiger partial charge in [-0.15, -0.1) is 0 Å². The van der Waals surface area contributed by atoms with Crippen LogP contribution in [0.2, 0.25) is 0 Å². The number of rotatable bonds is 7. The van der Waals surface area contributed by atoms with Gasteiger partial charge in [-0.25, -0.2) is 8.42 Å². The van der Waals surface area contributed by atoms with Crippen molar-refractivity contribution < 1.29 is 13.5 Å². The number of nitrogens with zero attached hydrogens (tertiary/aromatic N) is 2. The summed E-state index contributed by atoms with van der Waals surface area (Å²) in [5.41, 5.74) is 0. The van der Waals surface area contributed by atoms with E-state index in [0.29, 0.717) is 13.1 Å². The summed E-state index contributed by atoms with van der Waals surface area (Å²) < 4.78 is 25.6. The smallest absolute Gasteiger partial charge is 0.219 e. The summed E-state index contributed by atoms with van der Waals surface area (Å²) in [5, 5.41) is 8.22. The van der Waals surface area contributed by atoms with Crippen LogP contribution < -0.4 is 0 Å². The van der Waals surface area contributed by atoms with Crippen molar-refractivity contribution in [3.63, 3.8) is 0 Å². The number of aliphatic hydroxyl groups excluding tert-OH is 1. The van der Waals surface area contributed by atoms with Crippen LogP contribution in [-0.4, -0.2) is 67.8 Å². The van der Waals surface area contributed by atoms with Crippen molar-refractivity contribution in [2.75, 3.05) is 33.8 Å². The second-order valence-corrected chi connectivity index (χ2v) is 6.66. The average Bonchev–Trinajstić information content (AvgIpc) is 2.15. The Morgan fingerprint density at radius 1 is 1.25 bits per heavy atom. The molecule has 0 aliphatic carbocycles. The van der Waals surface area contributed by atoms with Gasteiger partial charge in [0.15, 0.2) is 0 Å². The van der Waals surface area contributed by atoms with Crippen LogP contribution in [0.5, 0.6) is 0 Å². The summed E-state index contributed by atoms with van der Waals surface area (Å²) in [4.78, 5) is 1.95. The molecule has 16 heavy (non-hydrogen) atoms. The van der Waals surface area contributed by atoms with Crippen molar-refractivity contribution in [1.82, 2.24) is 9.21 Å². The fourth-order valence-electron chi connectivity index (χ4n) is 1.69. The lowest BCUT2D eigenvalue weighted by Crippen LogP contribution is -2.47. The molecular weight excluding hydrogens is 228 g/mol. The molecule has 1 N–H and O–H groups in total. The van der Waals surface area contributed by atoms with E-state index in [0.717, 1.165) is 0 Å². The topological polar surface area (TPSA) is 60.9 Å². The van der Waals surface area contributed by atoms with Gasteiger partial charge in [0.25, 0.3) is 0 Å². The number of likely N-dealkylation sites (N-methyl/N-ethyl adjacent to an activating group) is 2. The van der Waals surface area contributed by atoms with Gasteiger partial charge in [-0.1, -0.05) is 6.92 Å². The van der Waals surface area contributed by atoms with Crippen molar-refractivity contribution in [3.8, 4) is 0 Å². The Hall–Kier alpha value is -0.170. The van der Waals surface area contributed by atoms with E-state index in [-0.39, 0.29) is 12.6 Å². The van der Waals surface area contributed by atoms with Gasteiger partial charge < -0.3 is 10.0 Å². The Morgan fingerprint density at radius 3 is 2.06 bits per heavy atom. The van der Waals surface area contributed by atoms with E-state index in [1.165, 1.54) is 11.2 Å². The van der Waals surface area contributed by atoms with Crippen LogP contribution in [-0.2, 0) is 10.0 Å². The van der Waals surface area contributed by atoms with Crippen molar-refractivity contribution >= 4 is 10.0 Å². The lowest BCUT2D eigenvalue weighted by Gasteiger charge is -2.31. The fourth-order valence-corrected chi connectivity index (χ4v) is 3.27. The first-order chi connectivity index (χ1) is 7.27. The fraction of sp³-hybridized carbons (Fsp3) is 1.00. The third kappa shape index (κ3) is 4.01. The van der Waals surface area contributed by atoms with Crippen LogP contribution >= 0.6 is 0 Å². The number of hydrogen-bond acceptors (Lipinski definition) is 4. The van der Waals surface area contributed by atoms with E-state index >= 15 is 0 Å². The molecule has 0 aromatic rings. The molecule has 0 heterocycles. The molecule has 0 amide bonds. The maximum absolute atomic E-state index is 12.1. The first kappa shape index (κ1) is 15.8. The minimum absolute atomic E-state index is 0.0843. The SMILES string of the molecule is CCN(C(C)CN(C)C)S(=O)(=O)C(C)CO. The zero-order valence-electron chi connectivity index (χ0n) is 10.8. The van der Waals surface area contributed by atoms with E-state index in [4.69, 9.17) is 5.11 Å². The van der Waals surface area contributed by atoms with Crippen LogP contribution in [0.15, 0.2) is 0 Å². The summed E-state index contributed by atoms with van der Waals surface area (Å²) >= 11 is 0. The number of hydrogen-bond donors (Lipinski definition) is 1. The molecule has 0 fully saturated rings. The third-order valence-electron chi connectivity index (χ3n) is 2.53. The second kappa shape index (κ2) is 6.54. The summed E-state index contributed by atoms with van der Waals surface area (Å²) in [5.74, 6) is 0. The minimum Gasteiger partial charge on any atom is -0.395 e. The molecule has 0 aliphatic rings. The van der Waals surface area contributed by atoms with E-state index in [2.05, 4.69) is 0 Å². The monoisotopic (exact) mass is 252 g/mol. The molecule has 0 bridgehead atoms. The van der Waals surface area contributed by atoms with Gasteiger partial charge in [-0.3, -0.25) is 0 Å². The van der Waals surface area contributed by atoms with E-state index < -0.39 is 15.3 Å². The molecule has 2 atom stereocenters. The quantitative estimate of drug-likeness (QED) is 0.691. The average molecular weight is 252 g/mol.